The number of aromatic nitrogens is 3. The second-order valence-electron chi connectivity index (χ2n) is 6.65. The summed E-state index contributed by atoms with van der Waals surface area (Å²) in [6.07, 6.45) is 1.19. The number of para-hydroxylation sites is 1. The van der Waals surface area contributed by atoms with E-state index in [0.717, 1.165) is 5.56 Å². The minimum atomic E-state index is -0.639. The number of rotatable bonds is 2. The Bertz CT molecular complexity index is 1210. The maximum atomic E-state index is 13.0. The maximum Gasteiger partial charge on any atom is 0.325 e. The highest BCUT2D eigenvalue weighted by atomic mass is 32.2. The number of nitrogens with one attached hydrogen (secondary N) is 1. The van der Waals surface area contributed by atoms with Crippen molar-refractivity contribution in [2.45, 2.75) is 18.2 Å². The molecule has 8 nitrogen and oxygen atoms in total. The van der Waals surface area contributed by atoms with Crippen molar-refractivity contribution >= 4 is 23.4 Å². The minimum absolute atomic E-state index is 0.154. The number of fused-ring (bicyclic) bond motifs is 4. The molecule has 0 fully saturated rings. The molecule has 0 spiro atoms. The molecular formula is C20H17N4O4S+. The van der Waals surface area contributed by atoms with Gasteiger partial charge in [0, 0.05) is 17.6 Å². The second kappa shape index (κ2) is 6.63. The second-order valence-corrected chi connectivity index (χ2v) is 7.44. The predicted molar refractivity (Wildman–Crippen MR) is 106 cm³/mol. The van der Waals surface area contributed by atoms with E-state index in [1.54, 1.807) is 15.6 Å². The van der Waals surface area contributed by atoms with Gasteiger partial charge in [0.1, 0.15) is 0 Å². The molecule has 0 bridgehead atoms. The number of H-pyrrole nitrogens is 1. The summed E-state index contributed by atoms with van der Waals surface area (Å²) < 4.78 is 12.6. The first-order valence-corrected chi connectivity index (χ1v) is 10.2. The fourth-order valence-corrected chi connectivity index (χ4v) is 4.14. The number of aromatic amines is 1. The van der Waals surface area contributed by atoms with Crippen molar-refractivity contribution in [2.24, 2.45) is 0 Å². The number of hydrogen-bond acceptors (Lipinski definition) is 6. The van der Waals surface area contributed by atoms with E-state index in [9.17, 15) is 9.59 Å². The average Bonchev–Trinajstić information content (AvgIpc) is 3.19. The summed E-state index contributed by atoms with van der Waals surface area (Å²) in [6, 6.07) is 12.8. The van der Waals surface area contributed by atoms with Crippen LogP contribution in [0.1, 0.15) is 18.7 Å². The Balaban J connectivity index is 1.83. The Morgan fingerprint density at radius 1 is 1.24 bits per heavy atom. The highest BCUT2D eigenvalue weighted by Crippen LogP contribution is 2.40. The van der Waals surface area contributed by atoms with E-state index in [4.69, 9.17) is 9.47 Å². The molecule has 2 aliphatic rings. The van der Waals surface area contributed by atoms with Gasteiger partial charge in [-0.15, -0.1) is 0 Å². The third-order valence-corrected chi connectivity index (χ3v) is 5.56. The first kappa shape index (κ1) is 17.7. The van der Waals surface area contributed by atoms with Gasteiger partial charge in [-0.2, -0.15) is 0 Å². The summed E-state index contributed by atoms with van der Waals surface area (Å²) >= 11 is 1.33. The third kappa shape index (κ3) is 2.69. The number of nitrogens with zero attached hydrogens (tertiary/aromatic N) is 3. The summed E-state index contributed by atoms with van der Waals surface area (Å²) in [5, 5.41) is 5.10. The summed E-state index contributed by atoms with van der Waals surface area (Å²) in [5.41, 5.74) is 2.22. The molecule has 29 heavy (non-hydrogen) atoms. The van der Waals surface area contributed by atoms with Crippen LogP contribution < -0.4 is 24.6 Å². The predicted octanol–water partition coefficient (Wildman–Crippen LogP) is 2.09. The SMILES string of the molecule is CSc1n[n+]2c(c(=O)[nH]1)-c1ccccc1N(C(C)=O)[C@@H]2c1ccc2c(c1)OCO2. The topological polar surface area (TPSA) is 88.4 Å². The van der Waals surface area contributed by atoms with Crippen LogP contribution >= 0.6 is 11.8 Å². The largest absolute Gasteiger partial charge is 0.454 e. The van der Waals surface area contributed by atoms with Gasteiger partial charge in [0.05, 0.1) is 11.3 Å². The summed E-state index contributed by atoms with van der Waals surface area (Å²) in [6.45, 7) is 1.66. The standard InChI is InChI=1S/C20H16N4O4S/c1-11(25)23-14-6-4-3-5-13(14)17-18(26)21-20(29-2)22-24(17)19(23)12-7-8-15-16(9-12)28-10-27-15/h3-9,19H,10H2,1-2H3/p+1/t19-/m0/s1. The van der Waals surface area contributed by atoms with Crippen LogP contribution in [0.3, 0.4) is 0 Å². The summed E-state index contributed by atoms with van der Waals surface area (Å²) in [7, 11) is 0. The Kier molecular flexibility index (Phi) is 4.06. The zero-order valence-electron chi connectivity index (χ0n) is 15.7. The molecule has 2 aromatic carbocycles. The lowest BCUT2D eigenvalue weighted by molar-refractivity contribution is -0.763. The van der Waals surface area contributed by atoms with E-state index in [-0.39, 0.29) is 18.3 Å². The zero-order valence-corrected chi connectivity index (χ0v) is 16.5. The van der Waals surface area contributed by atoms with E-state index < -0.39 is 6.17 Å². The summed E-state index contributed by atoms with van der Waals surface area (Å²) in [5.74, 6) is 1.08. The molecule has 0 radical (unpaired) electrons. The van der Waals surface area contributed by atoms with Crippen LogP contribution in [0.15, 0.2) is 52.4 Å². The van der Waals surface area contributed by atoms with Crippen LogP contribution in [0.5, 0.6) is 11.5 Å². The van der Waals surface area contributed by atoms with Crippen molar-refractivity contribution in [1.29, 1.82) is 0 Å². The van der Waals surface area contributed by atoms with Crippen LogP contribution in [0.25, 0.3) is 11.3 Å². The van der Waals surface area contributed by atoms with E-state index in [1.807, 2.05) is 42.7 Å². The smallest absolute Gasteiger partial charge is 0.325 e. The number of carbonyl (C=O) groups is 1. The Morgan fingerprint density at radius 2 is 2.03 bits per heavy atom. The van der Waals surface area contributed by atoms with Gasteiger partial charge in [0.25, 0.3) is 6.17 Å². The molecule has 1 atom stereocenters. The quantitative estimate of drug-likeness (QED) is 0.515. The van der Waals surface area contributed by atoms with Gasteiger partial charge in [0.2, 0.25) is 17.9 Å². The van der Waals surface area contributed by atoms with Crippen molar-refractivity contribution in [3.63, 3.8) is 0 Å². The first-order chi connectivity index (χ1) is 14.1. The Morgan fingerprint density at radius 3 is 2.83 bits per heavy atom. The highest BCUT2D eigenvalue weighted by molar-refractivity contribution is 7.98. The van der Waals surface area contributed by atoms with Crippen LogP contribution in [0, 0.1) is 0 Å². The third-order valence-electron chi connectivity index (χ3n) is 4.99. The molecule has 1 aromatic heterocycles. The normalized spacial score (nSPS) is 16.3. The Labute approximate surface area is 170 Å². The van der Waals surface area contributed by atoms with Crippen molar-refractivity contribution < 1.29 is 19.0 Å². The molecule has 1 amide bonds. The van der Waals surface area contributed by atoms with Crippen LogP contribution in [-0.4, -0.2) is 29.0 Å². The molecular weight excluding hydrogens is 392 g/mol. The van der Waals surface area contributed by atoms with E-state index >= 15 is 0 Å². The number of anilines is 1. The van der Waals surface area contributed by atoms with Crippen LogP contribution in [0.2, 0.25) is 0 Å². The van der Waals surface area contributed by atoms with E-state index in [2.05, 4.69) is 10.1 Å². The monoisotopic (exact) mass is 409 g/mol. The maximum absolute atomic E-state index is 13.0. The molecule has 5 rings (SSSR count). The molecule has 3 heterocycles. The van der Waals surface area contributed by atoms with Crippen molar-refractivity contribution in [2.75, 3.05) is 17.9 Å². The fraction of sp³-hybridized carbons (Fsp3) is 0.200. The minimum Gasteiger partial charge on any atom is -0.454 e. The average molecular weight is 409 g/mol. The number of ether oxygens (including phenoxy) is 2. The molecule has 146 valence electrons. The number of carbonyl (C=O) groups excluding carboxylic acids is 1. The lowest BCUT2D eigenvalue weighted by Crippen LogP contribution is -2.60. The molecule has 0 aliphatic carbocycles. The Hall–Kier alpha value is -3.33. The molecule has 0 saturated carbocycles. The molecule has 0 unspecified atom stereocenters. The summed E-state index contributed by atoms with van der Waals surface area (Å²) in [4.78, 5) is 30.2. The van der Waals surface area contributed by atoms with E-state index in [1.165, 1.54) is 18.7 Å². The number of thioether (sulfide) groups is 1. The molecule has 9 heteroatoms. The van der Waals surface area contributed by atoms with E-state index in [0.29, 0.717) is 33.6 Å². The lowest BCUT2D eigenvalue weighted by Gasteiger charge is -2.31. The first-order valence-electron chi connectivity index (χ1n) is 8.97. The van der Waals surface area contributed by atoms with Crippen LogP contribution in [0.4, 0.5) is 5.69 Å². The zero-order chi connectivity index (χ0) is 20.1. The van der Waals surface area contributed by atoms with Gasteiger partial charge in [-0.3, -0.25) is 14.6 Å². The van der Waals surface area contributed by atoms with Crippen molar-refractivity contribution in [1.82, 2.24) is 10.1 Å². The van der Waals surface area contributed by atoms with Gasteiger partial charge in [-0.1, -0.05) is 23.9 Å². The molecule has 0 saturated heterocycles. The van der Waals surface area contributed by atoms with Gasteiger partial charge >= 0.3 is 11.3 Å². The number of hydrogen-bond donors (Lipinski definition) is 1. The molecule has 3 aromatic rings. The van der Waals surface area contributed by atoms with Gasteiger partial charge in [0.15, 0.2) is 11.5 Å². The van der Waals surface area contributed by atoms with Gasteiger partial charge in [-0.05, 0) is 41.3 Å². The number of amides is 1. The van der Waals surface area contributed by atoms with Gasteiger partial charge < -0.3 is 9.47 Å². The fourth-order valence-electron chi connectivity index (χ4n) is 3.78. The lowest BCUT2D eigenvalue weighted by atomic mass is 10.0. The van der Waals surface area contributed by atoms with Gasteiger partial charge in [-0.25, -0.2) is 4.90 Å². The molecule has 1 N–H and O–H groups in total. The number of benzene rings is 2. The van der Waals surface area contributed by atoms with Crippen molar-refractivity contribution in [3.8, 4) is 22.8 Å². The van der Waals surface area contributed by atoms with Crippen LogP contribution in [-0.2, 0) is 4.79 Å². The highest BCUT2D eigenvalue weighted by Gasteiger charge is 2.45. The van der Waals surface area contributed by atoms with Crippen molar-refractivity contribution in [3.05, 3.63) is 58.4 Å². The molecule has 2 aliphatic heterocycles.